The minimum Gasteiger partial charge on any atom is -0.494 e. The van der Waals surface area contributed by atoms with Crippen LogP contribution in [0.2, 0.25) is 0 Å². The van der Waals surface area contributed by atoms with Gasteiger partial charge in [0.25, 0.3) is 5.91 Å². The molecule has 6 nitrogen and oxygen atoms in total. The number of aromatic nitrogens is 2. The van der Waals surface area contributed by atoms with E-state index in [1.807, 2.05) is 55.5 Å². The van der Waals surface area contributed by atoms with Gasteiger partial charge in [0.2, 0.25) is 5.88 Å². The molecule has 0 aliphatic heterocycles. The molecule has 0 bridgehead atoms. The summed E-state index contributed by atoms with van der Waals surface area (Å²) in [5.41, 5.74) is 2.28. The van der Waals surface area contributed by atoms with Crippen LogP contribution in [0.1, 0.15) is 17.3 Å². The first-order valence-corrected chi connectivity index (χ1v) is 9.69. The van der Waals surface area contributed by atoms with Crippen LogP contribution in [0.5, 0.6) is 11.6 Å². The highest BCUT2D eigenvalue weighted by Gasteiger charge is 2.08. The monoisotopic (exact) mass is 441 g/mol. The van der Waals surface area contributed by atoms with E-state index in [-0.39, 0.29) is 5.91 Å². The third-order valence-corrected chi connectivity index (χ3v) is 4.55. The van der Waals surface area contributed by atoms with Gasteiger partial charge < -0.3 is 14.8 Å². The Labute approximate surface area is 172 Å². The van der Waals surface area contributed by atoms with Gasteiger partial charge in [-0.15, -0.1) is 10.2 Å². The van der Waals surface area contributed by atoms with Crippen molar-refractivity contribution >= 4 is 21.8 Å². The van der Waals surface area contributed by atoms with Crippen LogP contribution >= 0.6 is 15.9 Å². The molecule has 0 aliphatic carbocycles. The molecule has 0 fully saturated rings. The first-order valence-electron chi connectivity index (χ1n) is 8.90. The van der Waals surface area contributed by atoms with Crippen molar-refractivity contribution < 1.29 is 14.3 Å². The third kappa shape index (κ3) is 5.29. The number of amides is 1. The fraction of sp³-hybridized carbons (Fsp3) is 0.190. The quantitative estimate of drug-likeness (QED) is 0.532. The van der Waals surface area contributed by atoms with E-state index in [0.29, 0.717) is 31.2 Å². The SMILES string of the molecule is CCOc1ccc(-c2ccc(OCCNC(=O)c3ccccc3Br)nn2)cc1. The zero-order valence-electron chi connectivity index (χ0n) is 15.4. The molecule has 144 valence electrons. The Morgan fingerprint density at radius 1 is 1.00 bits per heavy atom. The molecular formula is C21H20BrN3O3. The van der Waals surface area contributed by atoms with Gasteiger partial charge in [-0.1, -0.05) is 12.1 Å². The minimum atomic E-state index is -0.159. The number of benzene rings is 2. The van der Waals surface area contributed by atoms with Crippen molar-refractivity contribution in [3.63, 3.8) is 0 Å². The van der Waals surface area contributed by atoms with E-state index in [1.165, 1.54) is 0 Å². The van der Waals surface area contributed by atoms with Crippen LogP contribution in [0.15, 0.2) is 65.1 Å². The van der Waals surface area contributed by atoms with Crippen LogP contribution < -0.4 is 14.8 Å². The van der Waals surface area contributed by atoms with Gasteiger partial charge in [-0.2, -0.15) is 0 Å². The zero-order valence-corrected chi connectivity index (χ0v) is 17.0. The van der Waals surface area contributed by atoms with Gasteiger partial charge >= 0.3 is 0 Å². The summed E-state index contributed by atoms with van der Waals surface area (Å²) >= 11 is 3.36. The van der Waals surface area contributed by atoms with Crippen molar-refractivity contribution in [2.75, 3.05) is 19.8 Å². The lowest BCUT2D eigenvalue weighted by atomic mass is 10.1. The third-order valence-electron chi connectivity index (χ3n) is 3.86. The fourth-order valence-electron chi connectivity index (χ4n) is 2.50. The highest BCUT2D eigenvalue weighted by Crippen LogP contribution is 2.21. The number of nitrogens with zero attached hydrogens (tertiary/aromatic N) is 2. The molecule has 1 N–H and O–H groups in total. The Hall–Kier alpha value is -2.93. The molecule has 0 saturated heterocycles. The summed E-state index contributed by atoms with van der Waals surface area (Å²) in [6.45, 7) is 3.24. The van der Waals surface area contributed by atoms with Crippen LogP contribution in [0.4, 0.5) is 0 Å². The van der Waals surface area contributed by atoms with Gasteiger partial charge in [0.05, 0.1) is 24.4 Å². The average Bonchev–Trinajstić information content (AvgIpc) is 2.73. The predicted molar refractivity (Wildman–Crippen MR) is 111 cm³/mol. The maximum atomic E-state index is 12.1. The average molecular weight is 442 g/mol. The number of hydrogen-bond acceptors (Lipinski definition) is 5. The predicted octanol–water partition coefficient (Wildman–Crippen LogP) is 4.11. The number of nitrogens with one attached hydrogen (secondary N) is 1. The molecule has 0 aliphatic rings. The molecule has 7 heteroatoms. The molecule has 28 heavy (non-hydrogen) atoms. The van der Waals surface area contributed by atoms with E-state index in [1.54, 1.807) is 12.1 Å². The van der Waals surface area contributed by atoms with Crippen molar-refractivity contribution in [1.29, 1.82) is 0 Å². The highest BCUT2D eigenvalue weighted by atomic mass is 79.9. The van der Waals surface area contributed by atoms with Crippen LogP contribution in [0.3, 0.4) is 0 Å². The second-order valence-corrected chi connectivity index (χ2v) is 6.65. The summed E-state index contributed by atoms with van der Waals surface area (Å²) in [6, 6.07) is 18.5. The molecule has 0 saturated carbocycles. The van der Waals surface area contributed by atoms with Gasteiger partial charge in [-0.3, -0.25) is 4.79 Å². The molecule has 0 spiro atoms. The Balaban J connectivity index is 1.48. The molecule has 0 unspecified atom stereocenters. The van der Waals surface area contributed by atoms with Gasteiger partial charge in [-0.05, 0) is 65.3 Å². The smallest absolute Gasteiger partial charge is 0.252 e. The Bertz CT molecular complexity index is 915. The minimum absolute atomic E-state index is 0.159. The summed E-state index contributed by atoms with van der Waals surface area (Å²) in [5.74, 6) is 1.07. The first-order chi connectivity index (χ1) is 13.7. The number of hydrogen-bond donors (Lipinski definition) is 1. The largest absolute Gasteiger partial charge is 0.494 e. The molecule has 0 radical (unpaired) electrons. The molecule has 1 aromatic heterocycles. The van der Waals surface area contributed by atoms with E-state index in [4.69, 9.17) is 9.47 Å². The van der Waals surface area contributed by atoms with Crippen molar-refractivity contribution in [3.05, 3.63) is 70.7 Å². The number of carbonyl (C=O) groups is 1. The second kappa shape index (κ2) is 9.85. The van der Waals surface area contributed by atoms with Gasteiger partial charge in [0.15, 0.2) is 0 Å². The topological polar surface area (TPSA) is 73.3 Å². The van der Waals surface area contributed by atoms with E-state index >= 15 is 0 Å². The van der Waals surface area contributed by atoms with E-state index < -0.39 is 0 Å². The lowest BCUT2D eigenvalue weighted by molar-refractivity contribution is 0.0945. The summed E-state index contributed by atoms with van der Waals surface area (Å²) in [6.07, 6.45) is 0. The van der Waals surface area contributed by atoms with Gasteiger partial charge in [-0.25, -0.2) is 0 Å². The van der Waals surface area contributed by atoms with Gasteiger partial charge in [0.1, 0.15) is 12.4 Å². The normalized spacial score (nSPS) is 10.4. The van der Waals surface area contributed by atoms with E-state index in [9.17, 15) is 4.79 Å². The molecule has 3 aromatic rings. The number of ether oxygens (including phenoxy) is 2. The Morgan fingerprint density at radius 2 is 1.79 bits per heavy atom. The van der Waals surface area contributed by atoms with Crippen molar-refractivity contribution in [3.8, 4) is 22.9 Å². The number of rotatable bonds is 8. The maximum absolute atomic E-state index is 12.1. The molecular weight excluding hydrogens is 422 g/mol. The van der Waals surface area contributed by atoms with Crippen LogP contribution in [-0.2, 0) is 0 Å². The molecule has 2 aromatic carbocycles. The zero-order chi connectivity index (χ0) is 19.8. The van der Waals surface area contributed by atoms with Crippen LogP contribution in [0.25, 0.3) is 11.3 Å². The Morgan fingerprint density at radius 3 is 2.46 bits per heavy atom. The molecule has 3 rings (SSSR count). The molecule has 0 atom stereocenters. The molecule has 1 heterocycles. The van der Waals surface area contributed by atoms with Crippen molar-refractivity contribution in [2.45, 2.75) is 6.92 Å². The summed E-state index contributed by atoms with van der Waals surface area (Å²) in [4.78, 5) is 12.1. The van der Waals surface area contributed by atoms with Crippen LogP contribution in [-0.4, -0.2) is 35.9 Å². The second-order valence-electron chi connectivity index (χ2n) is 5.80. The highest BCUT2D eigenvalue weighted by molar-refractivity contribution is 9.10. The van der Waals surface area contributed by atoms with Crippen molar-refractivity contribution in [1.82, 2.24) is 15.5 Å². The van der Waals surface area contributed by atoms with Crippen molar-refractivity contribution in [2.24, 2.45) is 0 Å². The van der Waals surface area contributed by atoms with E-state index in [0.717, 1.165) is 21.5 Å². The number of halogens is 1. The Kier molecular flexibility index (Phi) is 6.97. The van der Waals surface area contributed by atoms with E-state index in [2.05, 4.69) is 31.4 Å². The summed E-state index contributed by atoms with van der Waals surface area (Å²) in [5, 5.41) is 11.1. The van der Waals surface area contributed by atoms with Gasteiger partial charge in [0, 0.05) is 16.1 Å². The lowest BCUT2D eigenvalue weighted by Gasteiger charge is -2.08. The first kappa shape index (κ1) is 19.8. The summed E-state index contributed by atoms with van der Waals surface area (Å²) in [7, 11) is 0. The fourth-order valence-corrected chi connectivity index (χ4v) is 2.97. The lowest BCUT2D eigenvalue weighted by Crippen LogP contribution is -2.28. The molecule has 1 amide bonds. The summed E-state index contributed by atoms with van der Waals surface area (Å²) < 4.78 is 11.7. The maximum Gasteiger partial charge on any atom is 0.252 e. The standard InChI is InChI=1S/C21H20BrN3O3/c1-2-27-16-9-7-15(8-10-16)19-11-12-20(25-24-19)28-14-13-23-21(26)17-5-3-4-6-18(17)22/h3-12H,2,13-14H2,1H3,(H,23,26). The number of carbonyl (C=O) groups excluding carboxylic acids is 1. The van der Waals surface area contributed by atoms with Crippen LogP contribution in [0, 0.1) is 0 Å².